The molecule has 0 spiro atoms. The van der Waals surface area contributed by atoms with Crippen LogP contribution in [-0.2, 0) is 10.8 Å². The Kier molecular flexibility index (Phi) is 9.91. The lowest BCUT2D eigenvalue weighted by Crippen LogP contribution is -2.16. The number of nitrogens with zero attached hydrogens (tertiary/aromatic N) is 5. The fourth-order valence-electron chi connectivity index (χ4n) is 11.9. The molecular weight excluding hydrogens is 887 g/mol. The van der Waals surface area contributed by atoms with Gasteiger partial charge in [-0.25, -0.2) is 0 Å². The Morgan fingerprint density at radius 2 is 0.726 bits per heavy atom. The molecule has 11 aromatic rings. The fraction of sp³-hybridized carbons (Fsp3) is 0.0882. The smallest absolute Gasteiger partial charge is 0.0991 e. The number of aromatic nitrogens is 1. The molecule has 13 rings (SSSR count). The van der Waals surface area contributed by atoms with Gasteiger partial charge in [-0.15, -0.1) is 0 Å². The summed E-state index contributed by atoms with van der Waals surface area (Å²) in [6.45, 7) is 9.29. The lowest BCUT2D eigenvalue weighted by Gasteiger charge is -2.28. The molecule has 73 heavy (non-hydrogen) atoms. The number of nitriles is 2. The molecule has 5 heteroatoms. The van der Waals surface area contributed by atoms with Gasteiger partial charge < -0.3 is 14.4 Å². The molecule has 1 heterocycles. The van der Waals surface area contributed by atoms with Crippen molar-refractivity contribution in [2.75, 3.05) is 9.80 Å². The summed E-state index contributed by atoms with van der Waals surface area (Å²) in [7, 11) is 0. The highest BCUT2D eigenvalue weighted by Crippen LogP contribution is 2.52. The van der Waals surface area contributed by atoms with Crippen LogP contribution in [0.4, 0.5) is 34.1 Å². The van der Waals surface area contributed by atoms with Crippen LogP contribution in [0, 0.1) is 22.7 Å². The Morgan fingerprint density at radius 3 is 1.25 bits per heavy atom. The van der Waals surface area contributed by atoms with Crippen LogP contribution in [0.25, 0.3) is 60.9 Å². The molecule has 346 valence electrons. The third kappa shape index (κ3) is 6.89. The largest absolute Gasteiger partial charge is 0.310 e. The summed E-state index contributed by atoms with van der Waals surface area (Å²) in [5.74, 6) is 0. The summed E-state index contributed by atoms with van der Waals surface area (Å²) >= 11 is 0. The van der Waals surface area contributed by atoms with Crippen molar-refractivity contribution < 1.29 is 0 Å². The average molecular weight is 936 g/mol. The van der Waals surface area contributed by atoms with Crippen molar-refractivity contribution in [3.05, 3.63) is 258 Å². The van der Waals surface area contributed by atoms with Crippen molar-refractivity contribution in [2.45, 2.75) is 38.5 Å². The molecular formula is C68H49N5. The van der Waals surface area contributed by atoms with E-state index in [-0.39, 0.29) is 10.8 Å². The third-order valence-electron chi connectivity index (χ3n) is 15.6. The van der Waals surface area contributed by atoms with Gasteiger partial charge in [0.05, 0.1) is 34.3 Å². The highest BCUT2D eigenvalue weighted by Gasteiger charge is 2.37. The van der Waals surface area contributed by atoms with Crippen molar-refractivity contribution in [3.63, 3.8) is 0 Å². The second kappa shape index (κ2) is 16.6. The van der Waals surface area contributed by atoms with E-state index in [4.69, 9.17) is 0 Å². The number of rotatable bonds is 8. The van der Waals surface area contributed by atoms with Crippen LogP contribution in [0.3, 0.4) is 0 Å². The topological polar surface area (TPSA) is 59.0 Å². The summed E-state index contributed by atoms with van der Waals surface area (Å²) < 4.78 is 2.36. The van der Waals surface area contributed by atoms with E-state index in [1.807, 2.05) is 48.5 Å². The van der Waals surface area contributed by atoms with E-state index in [0.29, 0.717) is 11.1 Å². The highest BCUT2D eigenvalue weighted by atomic mass is 15.2. The van der Waals surface area contributed by atoms with Gasteiger partial charge >= 0.3 is 0 Å². The maximum Gasteiger partial charge on any atom is 0.0991 e. The minimum atomic E-state index is -0.186. The number of hydrogen-bond acceptors (Lipinski definition) is 4. The molecule has 0 saturated carbocycles. The van der Waals surface area contributed by atoms with Gasteiger partial charge in [0.25, 0.3) is 0 Å². The van der Waals surface area contributed by atoms with Crippen LogP contribution >= 0.6 is 0 Å². The Labute approximate surface area is 426 Å². The van der Waals surface area contributed by atoms with Gasteiger partial charge in [-0.05, 0) is 183 Å². The van der Waals surface area contributed by atoms with E-state index in [1.165, 1.54) is 50.1 Å². The summed E-state index contributed by atoms with van der Waals surface area (Å²) in [5.41, 5.74) is 23.0. The molecule has 0 fully saturated rings. The predicted molar refractivity (Wildman–Crippen MR) is 300 cm³/mol. The summed E-state index contributed by atoms with van der Waals surface area (Å²) in [4.78, 5) is 4.61. The molecule has 5 nitrogen and oxygen atoms in total. The Bertz CT molecular complexity index is 4090. The van der Waals surface area contributed by atoms with E-state index in [1.54, 1.807) is 0 Å². The number of fused-ring (bicyclic) bond motifs is 9. The van der Waals surface area contributed by atoms with Gasteiger partial charge in [0.2, 0.25) is 0 Å². The molecule has 2 aliphatic rings. The first-order valence-electron chi connectivity index (χ1n) is 24.9. The summed E-state index contributed by atoms with van der Waals surface area (Å²) in [6, 6.07) is 84.7. The zero-order valence-electron chi connectivity index (χ0n) is 41.1. The summed E-state index contributed by atoms with van der Waals surface area (Å²) in [5, 5.41) is 21.9. The van der Waals surface area contributed by atoms with E-state index >= 15 is 0 Å². The monoisotopic (exact) mass is 935 g/mol. The SMILES string of the molecule is CC1(C)c2ccccc2-c2ccc(-c3ccc(N(c4ccc(C#N)cc4)c4ccc5c(c4)c4cc(N(c6ccc(C#N)cc6)c6ccc7c(c6)C(C)(C)c6ccccc6-7)ccc4n5-c4ccccc4)cc3)cc21. The van der Waals surface area contributed by atoms with Crippen molar-refractivity contribution in [1.29, 1.82) is 10.5 Å². The van der Waals surface area contributed by atoms with Crippen LogP contribution in [0.15, 0.2) is 224 Å². The lowest BCUT2D eigenvalue weighted by molar-refractivity contribution is 0.660. The van der Waals surface area contributed by atoms with E-state index < -0.39 is 0 Å². The highest BCUT2D eigenvalue weighted by molar-refractivity contribution is 6.12. The van der Waals surface area contributed by atoms with E-state index in [2.05, 4.69) is 230 Å². The van der Waals surface area contributed by atoms with Crippen LogP contribution in [0.5, 0.6) is 0 Å². The lowest BCUT2D eigenvalue weighted by atomic mass is 9.81. The van der Waals surface area contributed by atoms with Gasteiger partial charge in [0, 0.05) is 61.4 Å². The Balaban J connectivity index is 0.968. The van der Waals surface area contributed by atoms with Crippen molar-refractivity contribution >= 4 is 55.9 Å². The molecule has 0 bridgehead atoms. The zero-order valence-corrected chi connectivity index (χ0v) is 41.1. The first-order valence-corrected chi connectivity index (χ1v) is 24.9. The minimum Gasteiger partial charge on any atom is -0.310 e. The molecule has 0 amide bonds. The van der Waals surface area contributed by atoms with Gasteiger partial charge in [0.1, 0.15) is 0 Å². The van der Waals surface area contributed by atoms with Crippen LogP contribution in [0.2, 0.25) is 0 Å². The maximum atomic E-state index is 9.85. The molecule has 1 aromatic heterocycles. The standard InChI is InChI=1S/C68H49N5/c1-67(2)61-16-10-8-14-55(61)57-34-24-47(38-63(57)67)46-22-29-51(30-23-46)71(49-25-18-44(42-69)19-26-49)52-32-36-65-59(39-52)60-40-53(33-37-66(60)73(65)48-12-6-5-7-13-48)72(50-27-20-45(43-70)21-28-50)54-31-35-58-56-15-9-11-17-62(56)68(3,4)64(58)41-54/h5-41H,1-4H3. The molecule has 10 aromatic carbocycles. The molecule has 0 aliphatic heterocycles. The predicted octanol–water partition coefficient (Wildman–Crippen LogP) is 17.7. The normalized spacial score (nSPS) is 13.4. The number of anilines is 6. The molecule has 0 atom stereocenters. The van der Waals surface area contributed by atoms with Gasteiger partial charge in [0.15, 0.2) is 0 Å². The second-order valence-electron chi connectivity index (χ2n) is 20.4. The second-order valence-corrected chi connectivity index (χ2v) is 20.4. The first kappa shape index (κ1) is 43.6. The van der Waals surface area contributed by atoms with Gasteiger partial charge in [-0.2, -0.15) is 10.5 Å². The van der Waals surface area contributed by atoms with Crippen LogP contribution in [-0.4, -0.2) is 4.57 Å². The number of para-hydroxylation sites is 1. The molecule has 0 radical (unpaired) electrons. The summed E-state index contributed by atoms with van der Waals surface area (Å²) in [6.07, 6.45) is 0. The van der Waals surface area contributed by atoms with E-state index in [9.17, 15) is 10.5 Å². The van der Waals surface area contributed by atoms with Crippen molar-refractivity contribution in [1.82, 2.24) is 4.57 Å². The third-order valence-corrected chi connectivity index (χ3v) is 15.6. The first-order chi connectivity index (χ1) is 35.6. The molecule has 2 aliphatic carbocycles. The molecule has 0 saturated heterocycles. The quantitative estimate of drug-likeness (QED) is 0.152. The number of hydrogen-bond donors (Lipinski definition) is 0. The Morgan fingerprint density at radius 1 is 0.342 bits per heavy atom. The average Bonchev–Trinajstić information content (AvgIpc) is 3.97. The van der Waals surface area contributed by atoms with E-state index in [0.717, 1.165) is 67.2 Å². The molecule has 0 unspecified atom stereocenters. The van der Waals surface area contributed by atoms with Crippen molar-refractivity contribution in [3.8, 4) is 51.2 Å². The van der Waals surface area contributed by atoms with Crippen LogP contribution in [0.1, 0.15) is 61.1 Å². The number of benzene rings is 10. The van der Waals surface area contributed by atoms with Crippen molar-refractivity contribution in [2.24, 2.45) is 0 Å². The molecule has 0 N–H and O–H groups in total. The van der Waals surface area contributed by atoms with Gasteiger partial charge in [-0.3, -0.25) is 0 Å². The minimum absolute atomic E-state index is 0.0920. The zero-order chi connectivity index (χ0) is 49.6. The Hall–Kier alpha value is -9.42. The maximum absolute atomic E-state index is 9.85. The fourth-order valence-corrected chi connectivity index (χ4v) is 11.9. The van der Waals surface area contributed by atoms with Gasteiger partial charge in [-0.1, -0.05) is 125 Å². The van der Waals surface area contributed by atoms with Crippen LogP contribution < -0.4 is 9.80 Å².